The summed E-state index contributed by atoms with van der Waals surface area (Å²) < 4.78 is 15.9. The molecule has 12 heteroatoms. The van der Waals surface area contributed by atoms with Gasteiger partial charge in [-0.3, -0.25) is 9.59 Å². The van der Waals surface area contributed by atoms with E-state index in [0.29, 0.717) is 0 Å². The number of alkyl carbamates (subject to hydrolysis) is 1. The molecule has 188 valence electrons. The molecule has 2 rings (SSSR count). The molecule has 0 fully saturated rings. The smallest absolute Gasteiger partial charge is 0.408 e. The number of hydrogen-bond acceptors (Lipinski definition) is 8. The van der Waals surface area contributed by atoms with E-state index in [0.717, 1.165) is 5.56 Å². The van der Waals surface area contributed by atoms with Crippen LogP contribution in [0.15, 0.2) is 47.1 Å². The summed E-state index contributed by atoms with van der Waals surface area (Å²) in [5.74, 6) is -1.97. The van der Waals surface area contributed by atoms with E-state index in [1.165, 1.54) is 13.0 Å². The van der Waals surface area contributed by atoms with Gasteiger partial charge in [-0.25, -0.2) is 9.59 Å². The first-order chi connectivity index (χ1) is 16.5. The van der Waals surface area contributed by atoms with Crippen LogP contribution in [0.4, 0.5) is 4.79 Å². The lowest BCUT2D eigenvalue weighted by Gasteiger charge is -2.34. The van der Waals surface area contributed by atoms with E-state index >= 15 is 0 Å². The molecule has 1 aromatic carbocycles. The maximum atomic E-state index is 12.7. The van der Waals surface area contributed by atoms with Crippen molar-refractivity contribution < 1.29 is 33.4 Å². The van der Waals surface area contributed by atoms with E-state index < -0.39 is 54.3 Å². The number of nitrogens with one attached hydrogen (secondary N) is 2. The van der Waals surface area contributed by atoms with Crippen LogP contribution in [-0.4, -0.2) is 54.3 Å². The molecule has 0 bridgehead atoms. The molecule has 35 heavy (non-hydrogen) atoms. The first-order valence-electron chi connectivity index (χ1n) is 10.9. The van der Waals surface area contributed by atoms with Gasteiger partial charge in [0.05, 0.1) is 12.1 Å². The number of benzene rings is 1. The van der Waals surface area contributed by atoms with Gasteiger partial charge in [0.1, 0.15) is 24.9 Å². The van der Waals surface area contributed by atoms with Crippen LogP contribution in [0, 0.1) is 0 Å². The number of carbonyl (C=O) groups excluding carboxylic acids is 4. The van der Waals surface area contributed by atoms with E-state index in [-0.39, 0.29) is 18.6 Å². The Labute approximate surface area is 202 Å². The number of esters is 2. The quantitative estimate of drug-likeness (QED) is 0.187. The highest BCUT2D eigenvalue weighted by atomic mass is 16.6. The molecule has 1 aliphatic carbocycles. The van der Waals surface area contributed by atoms with E-state index in [9.17, 15) is 19.2 Å². The Morgan fingerprint density at radius 3 is 2.46 bits per heavy atom. The standard InChI is InChI=1S/C23H29N5O7/c1-14(29)26-20-17(27-28-24)10-16(21(31)33-13-15-8-6-5-7-9-15)11-18(20)34-19(30)12-25-22(32)35-23(2,3)4/h5-10,17-18,20H,11-13H2,1-4H3,(H,25,32)(H,26,29). The van der Waals surface area contributed by atoms with Crippen LogP contribution in [0.1, 0.15) is 39.7 Å². The van der Waals surface area contributed by atoms with Gasteiger partial charge in [0, 0.05) is 23.8 Å². The Bertz CT molecular complexity index is 1010. The van der Waals surface area contributed by atoms with Crippen molar-refractivity contribution in [2.45, 2.75) is 64.5 Å². The monoisotopic (exact) mass is 487 g/mol. The van der Waals surface area contributed by atoms with Crippen molar-refractivity contribution in [2.24, 2.45) is 5.11 Å². The minimum Gasteiger partial charge on any atom is -0.458 e. The average Bonchev–Trinajstić information content (AvgIpc) is 2.77. The molecule has 0 saturated carbocycles. The number of carbonyl (C=O) groups is 4. The number of azide groups is 1. The highest BCUT2D eigenvalue weighted by Gasteiger charge is 2.38. The molecule has 3 unspecified atom stereocenters. The van der Waals surface area contributed by atoms with E-state index in [4.69, 9.17) is 19.7 Å². The highest BCUT2D eigenvalue weighted by molar-refractivity contribution is 5.89. The second kappa shape index (κ2) is 12.4. The molecule has 2 amide bonds. The van der Waals surface area contributed by atoms with Crippen LogP contribution in [-0.2, 0) is 35.2 Å². The molecule has 0 aromatic heterocycles. The van der Waals surface area contributed by atoms with Gasteiger partial charge >= 0.3 is 18.0 Å². The van der Waals surface area contributed by atoms with Gasteiger partial charge in [-0.05, 0) is 31.9 Å². The van der Waals surface area contributed by atoms with Crippen LogP contribution in [0.3, 0.4) is 0 Å². The molecule has 2 N–H and O–H groups in total. The van der Waals surface area contributed by atoms with E-state index in [1.807, 2.05) is 6.07 Å². The van der Waals surface area contributed by atoms with Gasteiger partial charge in [0.15, 0.2) is 0 Å². The third-order valence-electron chi connectivity index (χ3n) is 4.65. The third-order valence-corrected chi connectivity index (χ3v) is 4.65. The largest absolute Gasteiger partial charge is 0.458 e. The lowest BCUT2D eigenvalue weighted by Crippen LogP contribution is -2.53. The number of amides is 2. The van der Waals surface area contributed by atoms with Gasteiger partial charge in [-0.15, -0.1) is 0 Å². The first kappa shape index (κ1) is 27.2. The Kier molecular flexibility index (Phi) is 9.65. The molecular formula is C23H29N5O7. The van der Waals surface area contributed by atoms with Crippen molar-refractivity contribution in [3.05, 3.63) is 58.0 Å². The summed E-state index contributed by atoms with van der Waals surface area (Å²) in [6.45, 7) is 5.77. The Morgan fingerprint density at radius 1 is 1.17 bits per heavy atom. The van der Waals surface area contributed by atoms with Crippen molar-refractivity contribution in [1.82, 2.24) is 10.6 Å². The zero-order valence-corrected chi connectivity index (χ0v) is 20.0. The minimum absolute atomic E-state index is 0.0165. The summed E-state index contributed by atoms with van der Waals surface area (Å²) in [5.41, 5.74) is 9.13. The number of nitrogens with zero attached hydrogens (tertiary/aromatic N) is 3. The lowest BCUT2D eigenvalue weighted by molar-refractivity contribution is -0.152. The van der Waals surface area contributed by atoms with Crippen molar-refractivity contribution in [3.8, 4) is 0 Å². The zero-order chi connectivity index (χ0) is 26.0. The molecule has 0 saturated heterocycles. The van der Waals surface area contributed by atoms with Gasteiger partial charge in [-0.1, -0.05) is 41.5 Å². The minimum atomic E-state index is -1.06. The molecular weight excluding hydrogens is 458 g/mol. The number of hydrogen-bond donors (Lipinski definition) is 2. The molecule has 0 spiro atoms. The van der Waals surface area contributed by atoms with Crippen molar-refractivity contribution in [1.29, 1.82) is 0 Å². The predicted octanol–water partition coefficient (Wildman–Crippen LogP) is 2.68. The summed E-state index contributed by atoms with van der Waals surface area (Å²) >= 11 is 0. The van der Waals surface area contributed by atoms with Crippen LogP contribution < -0.4 is 10.6 Å². The molecule has 1 aromatic rings. The fraction of sp³-hybridized carbons (Fsp3) is 0.478. The maximum Gasteiger partial charge on any atom is 0.408 e. The topological polar surface area (TPSA) is 169 Å². The molecule has 0 radical (unpaired) electrons. The van der Waals surface area contributed by atoms with Crippen molar-refractivity contribution >= 4 is 23.9 Å². The van der Waals surface area contributed by atoms with Gasteiger partial charge < -0.3 is 24.8 Å². The Balaban J connectivity index is 2.13. The molecule has 0 aliphatic heterocycles. The fourth-order valence-corrected chi connectivity index (χ4v) is 3.27. The second-order valence-corrected chi connectivity index (χ2v) is 8.76. The first-order valence-corrected chi connectivity index (χ1v) is 10.9. The van der Waals surface area contributed by atoms with Gasteiger partial charge in [0.25, 0.3) is 0 Å². The zero-order valence-electron chi connectivity index (χ0n) is 20.0. The van der Waals surface area contributed by atoms with Crippen molar-refractivity contribution in [3.63, 3.8) is 0 Å². The molecule has 3 atom stereocenters. The second-order valence-electron chi connectivity index (χ2n) is 8.76. The summed E-state index contributed by atoms with van der Waals surface area (Å²) in [6.07, 6.45) is -0.592. The Morgan fingerprint density at radius 2 is 1.86 bits per heavy atom. The number of ether oxygens (including phenoxy) is 3. The SMILES string of the molecule is CC(=O)NC1C(N=[N+]=[N-])C=C(C(=O)OCc2ccccc2)CC1OC(=O)CNC(=O)OC(C)(C)C. The summed E-state index contributed by atoms with van der Waals surface area (Å²) in [7, 11) is 0. The summed E-state index contributed by atoms with van der Waals surface area (Å²) in [6, 6.07) is 7.08. The van der Waals surface area contributed by atoms with Gasteiger partial charge in [0.2, 0.25) is 5.91 Å². The third kappa shape index (κ3) is 9.38. The maximum absolute atomic E-state index is 12.7. The fourth-order valence-electron chi connectivity index (χ4n) is 3.27. The normalized spacial score (nSPS) is 19.3. The summed E-state index contributed by atoms with van der Waals surface area (Å²) in [4.78, 5) is 51.4. The predicted molar refractivity (Wildman–Crippen MR) is 124 cm³/mol. The Hall–Kier alpha value is -4.05. The average molecular weight is 488 g/mol. The van der Waals surface area contributed by atoms with Crippen LogP contribution in [0.2, 0.25) is 0 Å². The molecule has 0 heterocycles. The van der Waals surface area contributed by atoms with Crippen LogP contribution >= 0.6 is 0 Å². The number of rotatable bonds is 8. The molecule has 12 nitrogen and oxygen atoms in total. The van der Waals surface area contributed by atoms with E-state index in [2.05, 4.69) is 20.7 Å². The van der Waals surface area contributed by atoms with Crippen LogP contribution in [0.5, 0.6) is 0 Å². The van der Waals surface area contributed by atoms with E-state index in [1.54, 1.807) is 45.0 Å². The van der Waals surface area contributed by atoms with Gasteiger partial charge in [-0.2, -0.15) is 0 Å². The van der Waals surface area contributed by atoms with Crippen molar-refractivity contribution in [2.75, 3.05) is 6.54 Å². The highest BCUT2D eigenvalue weighted by Crippen LogP contribution is 2.26. The van der Waals surface area contributed by atoms with Crippen LogP contribution in [0.25, 0.3) is 10.4 Å². The lowest BCUT2D eigenvalue weighted by atomic mass is 9.88. The molecule has 1 aliphatic rings. The summed E-state index contributed by atoms with van der Waals surface area (Å²) in [5, 5.41) is 8.52.